The summed E-state index contributed by atoms with van der Waals surface area (Å²) < 4.78 is 28.2. The number of carbonyl (C=O) groups excluding carboxylic acids is 1. The van der Waals surface area contributed by atoms with Gasteiger partial charge in [-0.15, -0.1) is 0 Å². The van der Waals surface area contributed by atoms with Crippen molar-refractivity contribution in [2.45, 2.75) is 18.7 Å². The first-order chi connectivity index (χ1) is 12.9. The van der Waals surface area contributed by atoms with Crippen LogP contribution in [0, 0.1) is 0 Å². The normalized spacial score (nSPS) is 11.9. The number of aromatic nitrogens is 1. The van der Waals surface area contributed by atoms with Crippen LogP contribution in [-0.4, -0.2) is 36.7 Å². The predicted octanol–water partition coefficient (Wildman–Crippen LogP) is 4.34. The third-order valence-corrected chi connectivity index (χ3v) is 7.71. The fourth-order valence-corrected chi connectivity index (χ4v) is 5.57. The molecule has 0 saturated carbocycles. The van der Waals surface area contributed by atoms with E-state index in [1.54, 1.807) is 36.4 Å². The minimum absolute atomic E-state index is 0.228. The van der Waals surface area contributed by atoms with E-state index in [0.29, 0.717) is 38.5 Å². The second kappa shape index (κ2) is 8.05. The van der Waals surface area contributed by atoms with Crippen molar-refractivity contribution in [3.8, 4) is 0 Å². The molecule has 3 aromatic rings. The highest BCUT2D eigenvalue weighted by Gasteiger charge is 2.22. The first kappa shape index (κ1) is 19.9. The molecule has 0 saturated heterocycles. The maximum atomic E-state index is 12.7. The van der Waals surface area contributed by atoms with Crippen LogP contribution in [0.3, 0.4) is 0 Å². The van der Waals surface area contributed by atoms with Crippen LogP contribution in [0.25, 0.3) is 10.2 Å². The van der Waals surface area contributed by atoms with Crippen LogP contribution in [-0.2, 0) is 10.0 Å². The Labute approximate surface area is 170 Å². The Morgan fingerprint density at radius 2 is 1.89 bits per heavy atom. The largest absolute Gasteiger partial charge is 0.298 e. The van der Waals surface area contributed by atoms with Crippen molar-refractivity contribution in [3.05, 3.63) is 52.5 Å². The summed E-state index contributed by atoms with van der Waals surface area (Å²) in [6, 6.07) is 11.9. The lowest BCUT2D eigenvalue weighted by Crippen LogP contribution is -2.30. The van der Waals surface area contributed by atoms with E-state index in [2.05, 4.69) is 26.2 Å². The second-order valence-electron chi connectivity index (χ2n) is 5.67. The number of thiazole rings is 1. The molecule has 1 amide bonds. The summed E-state index contributed by atoms with van der Waals surface area (Å²) in [4.78, 5) is 17.0. The standard InChI is InChI=1S/C18H18BrN3O3S2/c1-3-22(4-2)27(24,25)12-9-10-15-16(11-12)26-18(20-15)21-17(23)13-7-5-6-8-14(13)19/h5-11H,3-4H2,1-2H3,(H,20,21,23). The summed E-state index contributed by atoms with van der Waals surface area (Å²) >= 11 is 4.60. The fourth-order valence-electron chi connectivity index (χ4n) is 2.64. The molecule has 0 atom stereocenters. The first-order valence-corrected chi connectivity index (χ1v) is 11.4. The number of nitrogens with one attached hydrogen (secondary N) is 1. The Bertz CT molecular complexity index is 1090. The monoisotopic (exact) mass is 467 g/mol. The number of amides is 1. The molecule has 3 rings (SSSR count). The number of benzene rings is 2. The smallest absolute Gasteiger partial charge is 0.258 e. The molecule has 6 nitrogen and oxygen atoms in total. The minimum atomic E-state index is -3.54. The summed E-state index contributed by atoms with van der Waals surface area (Å²) in [6.45, 7) is 4.43. The maximum absolute atomic E-state index is 12.7. The zero-order valence-corrected chi connectivity index (χ0v) is 18.0. The lowest BCUT2D eigenvalue weighted by Gasteiger charge is -2.18. The highest BCUT2D eigenvalue weighted by molar-refractivity contribution is 9.10. The van der Waals surface area contributed by atoms with E-state index in [9.17, 15) is 13.2 Å². The molecule has 9 heteroatoms. The number of carbonyl (C=O) groups is 1. The molecule has 0 aliphatic heterocycles. The Morgan fingerprint density at radius 3 is 2.56 bits per heavy atom. The summed E-state index contributed by atoms with van der Waals surface area (Å²) in [7, 11) is -3.54. The van der Waals surface area contributed by atoms with E-state index in [1.807, 2.05) is 19.9 Å². The Balaban J connectivity index is 1.90. The average Bonchev–Trinajstić information content (AvgIpc) is 3.04. The van der Waals surface area contributed by atoms with E-state index < -0.39 is 10.0 Å². The highest BCUT2D eigenvalue weighted by Crippen LogP contribution is 2.30. The molecule has 1 heterocycles. The lowest BCUT2D eigenvalue weighted by atomic mass is 10.2. The van der Waals surface area contributed by atoms with E-state index in [-0.39, 0.29) is 10.8 Å². The van der Waals surface area contributed by atoms with Gasteiger partial charge in [0.05, 0.1) is 20.7 Å². The Hall–Kier alpha value is -1.81. The van der Waals surface area contributed by atoms with E-state index in [0.717, 1.165) is 0 Å². The quantitative estimate of drug-likeness (QED) is 0.584. The van der Waals surface area contributed by atoms with Gasteiger partial charge in [-0.3, -0.25) is 10.1 Å². The average molecular weight is 468 g/mol. The van der Waals surface area contributed by atoms with Crippen LogP contribution in [0.2, 0.25) is 0 Å². The van der Waals surface area contributed by atoms with Crippen LogP contribution in [0.5, 0.6) is 0 Å². The van der Waals surface area contributed by atoms with Crippen molar-refractivity contribution in [3.63, 3.8) is 0 Å². The van der Waals surface area contributed by atoms with Crippen molar-refractivity contribution < 1.29 is 13.2 Å². The van der Waals surface area contributed by atoms with E-state index in [1.165, 1.54) is 15.6 Å². The number of hydrogen-bond acceptors (Lipinski definition) is 5. The zero-order valence-electron chi connectivity index (χ0n) is 14.8. The second-order valence-corrected chi connectivity index (χ2v) is 9.49. The third-order valence-electron chi connectivity index (χ3n) is 4.04. The van der Waals surface area contributed by atoms with Gasteiger partial charge in [0.25, 0.3) is 5.91 Å². The van der Waals surface area contributed by atoms with Gasteiger partial charge in [-0.2, -0.15) is 4.31 Å². The van der Waals surface area contributed by atoms with Gasteiger partial charge in [0.15, 0.2) is 5.13 Å². The third kappa shape index (κ3) is 4.06. The number of halogens is 1. The SMILES string of the molecule is CCN(CC)S(=O)(=O)c1ccc2nc(NC(=O)c3ccccc3Br)sc2c1. The van der Waals surface area contributed by atoms with E-state index >= 15 is 0 Å². The van der Waals surface area contributed by atoms with Gasteiger partial charge in [0.2, 0.25) is 10.0 Å². The Kier molecular flexibility index (Phi) is 5.95. The molecule has 0 bridgehead atoms. The predicted molar refractivity (Wildman–Crippen MR) is 112 cm³/mol. The van der Waals surface area contributed by atoms with Crippen molar-refractivity contribution in [2.75, 3.05) is 18.4 Å². The fraction of sp³-hybridized carbons (Fsp3) is 0.222. The molecule has 1 N–H and O–H groups in total. The number of hydrogen-bond donors (Lipinski definition) is 1. The van der Waals surface area contributed by atoms with Crippen molar-refractivity contribution >= 4 is 58.5 Å². The van der Waals surface area contributed by atoms with Crippen LogP contribution in [0.1, 0.15) is 24.2 Å². The van der Waals surface area contributed by atoms with Gasteiger partial charge in [0.1, 0.15) is 0 Å². The molecule has 142 valence electrons. The van der Waals surface area contributed by atoms with Crippen LogP contribution in [0.15, 0.2) is 51.8 Å². The number of rotatable bonds is 6. The van der Waals surface area contributed by atoms with Gasteiger partial charge in [-0.25, -0.2) is 13.4 Å². The van der Waals surface area contributed by atoms with Crippen molar-refractivity contribution in [2.24, 2.45) is 0 Å². The number of fused-ring (bicyclic) bond motifs is 1. The van der Waals surface area contributed by atoms with E-state index in [4.69, 9.17) is 0 Å². The molecular weight excluding hydrogens is 450 g/mol. The first-order valence-electron chi connectivity index (χ1n) is 8.33. The van der Waals surface area contributed by atoms with Gasteiger partial charge in [-0.05, 0) is 46.3 Å². The Morgan fingerprint density at radius 1 is 1.19 bits per heavy atom. The summed E-state index contributed by atoms with van der Waals surface area (Å²) in [6.07, 6.45) is 0. The molecular formula is C18H18BrN3O3S2. The molecule has 1 aromatic heterocycles. The summed E-state index contributed by atoms with van der Waals surface area (Å²) in [5, 5.41) is 3.19. The summed E-state index contributed by atoms with van der Waals surface area (Å²) in [5.74, 6) is -0.280. The summed E-state index contributed by atoms with van der Waals surface area (Å²) in [5.41, 5.74) is 1.14. The van der Waals surface area contributed by atoms with Crippen LogP contribution < -0.4 is 5.32 Å². The van der Waals surface area contributed by atoms with Gasteiger partial charge in [0, 0.05) is 17.6 Å². The molecule has 0 unspecified atom stereocenters. The van der Waals surface area contributed by atoms with Crippen LogP contribution >= 0.6 is 27.3 Å². The van der Waals surface area contributed by atoms with Crippen molar-refractivity contribution in [1.29, 1.82) is 0 Å². The molecule has 0 spiro atoms. The number of nitrogens with zero attached hydrogens (tertiary/aromatic N) is 2. The number of anilines is 1. The molecule has 27 heavy (non-hydrogen) atoms. The van der Waals surface area contributed by atoms with Gasteiger partial charge < -0.3 is 0 Å². The maximum Gasteiger partial charge on any atom is 0.258 e. The molecule has 0 radical (unpaired) electrons. The molecule has 2 aromatic carbocycles. The van der Waals surface area contributed by atoms with Crippen LogP contribution in [0.4, 0.5) is 5.13 Å². The highest BCUT2D eigenvalue weighted by atomic mass is 79.9. The lowest BCUT2D eigenvalue weighted by molar-refractivity contribution is 0.102. The number of sulfonamides is 1. The van der Waals surface area contributed by atoms with Gasteiger partial charge in [-0.1, -0.05) is 37.3 Å². The molecule has 0 aliphatic carbocycles. The molecule has 0 aliphatic rings. The van der Waals surface area contributed by atoms with Gasteiger partial charge >= 0.3 is 0 Å². The zero-order chi connectivity index (χ0) is 19.6. The topological polar surface area (TPSA) is 79.4 Å². The van der Waals surface area contributed by atoms with Crippen molar-refractivity contribution in [1.82, 2.24) is 9.29 Å². The minimum Gasteiger partial charge on any atom is -0.298 e. The molecule has 0 fully saturated rings.